The van der Waals surface area contributed by atoms with Crippen molar-refractivity contribution in [1.29, 1.82) is 0 Å². The van der Waals surface area contributed by atoms with E-state index in [0.717, 1.165) is 23.4 Å². The van der Waals surface area contributed by atoms with Gasteiger partial charge in [0, 0.05) is 18.1 Å². The molecule has 116 valence electrons. The molecule has 1 aromatic heterocycles. The number of rotatable bonds is 5. The van der Waals surface area contributed by atoms with E-state index in [1.165, 1.54) is 5.56 Å². The van der Waals surface area contributed by atoms with E-state index in [9.17, 15) is 4.79 Å². The van der Waals surface area contributed by atoms with Crippen molar-refractivity contribution in [2.24, 2.45) is 0 Å². The Morgan fingerprint density at radius 1 is 1.04 bits per heavy atom. The largest absolute Gasteiger partial charge is 0.326 e. The number of carbonyl (C=O) groups excluding carboxylic acids is 1. The van der Waals surface area contributed by atoms with Crippen LogP contribution in [0.25, 0.3) is 0 Å². The summed E-state index contributed by atoms with van der Waals surface area (Å²) in [6.07, 6.45) is 4.08. The first kappa shape index (κ1) is 15.0. The Labute approximate surface area is 135 Å². The summed E-state index contributed by atoms with van der Waals surface area (Å²) in [6.45, 7) is 2.76. The maximum absolute atomic E-state index is 12.1. The Balaban J connectivity index is 1.57. The summed E-state index contributed by atoms with van der Waals surface area (Å²) in [5, 5.41) is 7.11. The van der Waals surface area contributed by atoms with Gasteiger partial charge < -0.3 is 5.32 Å². The second kappa shape index (κ2) is 6.92. The summed E-state index contributed by atoms with van der Waals surface area (Å²) in [6, 6.07) is 17.8. The summed E-state index contributed by atoms with van der Waals surface area (Å²) in [5.74, 6) is -0.00585. The first-order chi connectivity index (χ1) is 11.2. The molecule has 0 radical (unpaired) electrons. The van der Waals surface area contributed by atoms with Gasteiger partial charge in [-0.25, -0.2) is 0 Å². The van der Waals surface area contributed by atoms with E-state index >= 15 is 0 Å². The fourth-order valence-electron chi connectivity index (χ4n) is 2.37. The van der Waals surface area contributed by atoms with E-state index in [1.807, 2.05) is 72.4 Å². The quantitative estimate of drug-likeness (QED) is 0.785. The number of amides is 1. The molecule has 0 atom stereocenters. The second-order valence-electron chi connectivity index (χ2n) is 5.61. The number of hydrogen-bond donors (Lipinski definition) is 1. The lowest BCUT2D eigenvalue weighted by atomic mass is 10.1. The molecule has 4 heteroatoms. The van der Waals surface area contributed by atoms with Crippen LogP contribution >= 0.6 is 0 Å². The fraction of sp³-hybridized carbons (Fsp3) is 0.158. The monoisotopic (exact) mass is 305 g/mol. The van der Waals surface area contributed by atoms with Crippen LogP contribution in [0.4, 0.5) is 5.69 Å². The van der Waals surface area contributed by atoms with Gasteiger partial charge in [-0.15, -0.1) is 0 Å². The van der Waals surface area contributed by atoms with Crippen LogP contribution in [0.15, 0.2) is 67.0 Å². The summed E-state index contributed by atoms with van der Waals surface area (Å²) in [5.41, 5.74) is 4.17. The van der Waals surface area contributed by atoms with E-state index in [1.54, 1.807) is 6.20 Å². The number of nitrogens with zero attached hydrogens (tertiary/aromatic N) is 2. The fourth-order valence-corrected chi connectivity index (χ4v) is 2.37. The van der Waals surface area contributed by atoms with Gasteiger partial charge in [-0.05, 0) is 36.2 Å². The summed E-state index contributed by atoms with van der Waals surface area (Å²) in [7, 11) is 0. The van der Waals surface area contributed by atoms with Crippen molar-refractivity contribution in [1.82, 2.24) is 9.78 Å². The summed E-state index contributed by atoms with van der Waals surface area (Å²) >= 11 is 0. The smallest absolute Gasteiger partial charge is 0.228 e. The number of benzene rings is 2. The Morgan fingerprint density at radius 2 is 1.74 bits per heavy atom. The topological polar surface area (TPSA) is 46.9 Å². The minimum absolute atomic E-state index is 0.00585. The third-order valence-corrected chi connectivity index (χ3v) is 3.63. The lowest BCUT2D eigenvalue weighted by Crippen LogP contribution is -2.14. The van der Waals surface area contributed by atoms with Crippen molar-refractivity contribution in [3.05, 3.63) is 83.7 Å². The lowest BCUT2D eigenvalue weighted by molar-refractivity contribution is -0.115. The minimum atomic E-state index is -0.00585. The highest BCUT2D eigenvalue weighted by molar-refractivity contribution is 5.92. The van der Waals surface area contributed by atoms with Crippen LogP contribution in [0, 0.1) is 6.92 Å². The van der Waals surface area contributed by atoms with Crippen LogP contribution < -0.4 is 5.32 Å². The Kier molecular flexibility index (Phi) is 4.52. The molecule has 0 spiro atoms. The first-order valence-corrected chi connectivity index (χ1v) is 7.61. The highest BCUT2D eigenvalue weighted by atomic mass is 16.1. The summed E-state index contributed by atoms with van der Waals surface area (Å²) < 4.78 is 1.87. The van der Waals surface area contributed by atoms with Crippen LogP contribution in [0.5, 0.6) is 0 Å². The number of carbonyl (C=O) groups is 1. The zero-order valence-electron chi connectivity index (χ0n) is 13.1. The SMILES string of the molecule is Cc1ccc(CC(=O)Nc2ccc(Cn3cccn3)cc2)cc1. The van der Waals surface area contributed by atoms with E-state index in [2.05, 4.69) is 10.4 Å². The second-order valence-corrected chi connectivity index (χ2v) is 5.61. The molecule has 0 aliphatic rings. The van der Waals surface area contributed by atoms with Crippen molar-refractivity contribution in [3.63, 3.8) is 0 Å². The van der Waals surface area contributed by atoms with Gasteiger partial charge in [-0.1, -0.05) is 42.0 Å². The van der Waals surface area contributed by atoms with E-state index in [-0.39, 0.29) is 5.91 Å². The van der Waals surface area contributed by atoms with E-state index in [4.69, 9.17) is 0 Å². The molecule has 0 bridgehead atoms. The van der Waals surface area contributed by atoms with Crippen molar-refractivity contribution in [2.45, 2.75) is 19.9 Å². The molecule has 0 saturated carbocycles. The maximum Gasteiger partial charge on any atom is 0.228 e. The predicted octanol–water partition coefficient (Wildman–Crippen LogP) is 3.42. The lowest BCUT2D eigenvalue weighted by Gasteiger charge is -2.07. The van der Waals surface area contributed by atoms with Gasteiger partial charge in [0.15, 0.2) is 0 Å². The van der Waals surface area contributed by atoms with Crippen molar-refractivity contribution >= 4 is 11.6 Å². The van der Waals surface area contributed by atoms with Crippen LogP contribution in [0.1, 0.15) is 16.7 Å². The zero-order chi connectivity index (χ0) is 16.1. The van der Waals surface area contributed by atoms with Gasteiger partial charge in [-0.2, -0.15) is 5.10 Å². The molecule has 2 aromatic carbocycles. The van der Waals surface area contributed by atoms with Crippen molar-refractivity contribution in [2.75, 3.05) is 5.32 Å². The van der Waals surface area contributed by atoms with Gasteiger partial charge in [0.1, 0.15) is 0 Å². The number of nitrogens with one attached hydrogen (secondary N) is 1. The third-order valence-electron chi connectivity index (χ3n) is 3.63. The molecule has 3 aromatic rings. The number of aromatic nitrogens is 2. The summed E-state index contributed by atoms with van der Waals surface area (Å²) in [4.78, 5) is 12.1. The number of anilines is 1. The maximum atomic E-state index is 12.1. The predicted molar refractivity (Wildman–Crippen MR) is 91.3 cm³/mol. The average Bonchev–Trinajstić information content (AvgIpc) is 3.04. The Bertz CT molecular complexity index is 759. The molecule has 0 aliphatic carbocycles. The molecule has 23 heavy (non-hydrogen) atoms. The van der Waals surface area contributed by atoms with Crippen LogP contribution in [-0.4, -0.2) is 15.7 Å². The molecular formula is C19H19N3O. The Hall–Kier alpha value is -2.88. The van der Waals surface area contributed by atoms with E-state index < -0.39 is 0 Å². The Morgan fingerprint density at radius 3 is 2.39 bits per heavy atom. The molecule has 1 amide bonds. The van der Waals surface area contributed by atoms with Gasteiger partial charge in [0.05, 0.1) is 13.0 Å². The molecule has 0 unspecified atom stereocenters. The molecule has 0 aliphatic heterocycles. The molecule has 4 nitrogen and oxygen atoms in total. The van der Waals surface area contributed by atoms with Crippen LogP contribution in [-0.2, 0) is 17.8 Å². The highest BCUT2D eigenvalue weighted by Crippen LogP contribution is 2.12. The standard InChI is InChI=1S/C19H19N3O/c1-15-3-5-16(6-4-15)13-19(23)21-18-9-7-17(8-10-18)14-22-12-2-11-20-22/h2-12H,13-14H2,1H3,(H,21,23). The molecule has 1 N–H and O–H groups in total. The van der Waals surface area contributed by atoms with Crippen LogP contribution in [0.3, 0.4) is 0 Å². The zero-order valence-corrected chi connectivity index (χ0v) is 13.1. The number of hydrogen-bond acceptors (Lipinski definition) is 2. The highest BCUT2D eigenvalue weighted by Gasteiger charge is 2.04. The molecule has 0 fully saturated rings. The molecule has 0 saturated heterocycles. The van der Waals surface area contributed by atoms with Gasteiger partial charge in [0.2, 0.25) is 5.91 Å². The van der Waals surface area contributed by atoms with Crippen molar-refractivity contribution in [3.8, 4) is 0 Å². The molecular weight excluding hydrogens is 286 g/mol. The van der Waals surface area contributed by atoms with Gasteiger partial charge >= 0.3 is 0 Å². The average molecular weight is 305 g/mol. The number of aryl methyl sites for hydroxylation is 1. The van der Waals surface area contributed by atoms with Crippen molar-refractivity contribution < 1.29 is 4.79 Å². The van der Waals surface area contributed by atoms with Gasteiger partial charge in [0.25, 0.3) is 0 Å². The molecule has 1 heterocycles. The van der Waals surface area contributed by atoms with Crippen LogP contribution in [0.2, 0.25) is 0 Å². The van der Waals surface area contributed by atoms with Gasteiger partial charge in [-0.3, -0.25) is 9.48 Å². The normalized spacial score (nSPS) is 10.5. The minimum Gasteiger partial charge on any atom is -0.326 e. The molecule has 3 rings (SSSR count). The third kappa shape index (κ3) is 4.30. The van der Waals surface area contributed by atoms with E-state index in [0.29, 0.717) is 6.42 Å². The first-order valence-electron chi connectivity index (χ1n) is 7.61.